The normalized spacial score (nSPS) is 19.7. The molecule has 0 aromatic heterocycles. The predicted octanol–water partition coefficient (Wildman–Crippen LogP) is 2.60. The van der Waals surface area contributed by atoms with E-state index in [1.807, 2.05) is 14.1 Å². The second-order valence-corrected chi connectivity index (χ2v) is 6.18. The molecule has 0 spiro atoms. The van der Waals surface area contributed by atoms with Crippen molar-refractivity contribution in [1.82, 2.24) is 10.3 Å². The van der Waals surface area contributed by atoms with Gasteiger partial charge in [-0.3, -0.25) is 11.3 Å². The van der Waals surface area contributed by atoms with Crippen molar-refractivity contribution in [2.24, 2.45) is 5.84 Å². The third-order valence-electron chi connectivity index (χ3n) is 4.93. The van der Waals surface area contributed by atoms with Gasteiger partial charge in [0.25, 0.3) is 0 Å². The topological polar surface area (TPSA) is 41.3 Å². The van der Waals surface area contributed by atoms with Gasteiger partial charge in [-0.1, -0.05) is 25.3 Å². The highest BCUT2D eigenvalue weighted by molar-refractivity contribution is 5.22. The third kappa shape index (κ3) is 3.25. The van der Waals surface area contributed by atoms with Crippen LogP contribution in [0, 0.1) is 11.6 Å². The lowest BCUT2D eigenvalue weighted by atomic mass is 9.73. The second kappa shape index (κ2) is 6.81. The quantitative estimate of drug-likeness (QED) is 0.648. The van der Waals surface area contributed by atoms with Crippen LogP contribution in [-0.2, 0) is 6.42 Å². The molecular formula is C16H25F2N3. The molecule has 5 heteroatoms. The van der Waals surface area contributed by atoms with Crippen LogP contribution >= 0.6 is 0 Å². The van der Waals surface area contributed by atoms with Crippen LogP contribution in [0.5, 0.6) is 0 Å². The van der Waals surface area contributed by atoms with Crippen molar-refractivity contribution in [1.29, 1.82) is 0 Å². The molecule has 1 atom stereocenters. The van der Waals surface area contributed by atoms with Gasteiger partial charge in [-0.15, -0.1) is 0 Å². The number of rotatable bonds is 5. The molecule has 1 aliphatic rings. The van der Waals surface area contributed by atoms with E-state index in [4.69, 9.17) is 5.84 Å². The van der Waals surface area contributed by atoms with Crippen LogP contribution in [0.4, 0.5) is 8.78 Å². The minimum Gasteiger partial charge on any atom is -0.302 e. The molecule has 1 aromatic carbocycles. The molecule has 0 saturated heterocycles. The molecule has 3 N–H and O–H groups in total. The summed E-state index contributed by atoms with van der Waals surface area (Å²) in [5, 5.41) is 0. The Kier molecular flexibility index (Phi) is 5.30. The number of nitrogens with two attached hydrogens (primary N) is 1. The van der Waals surface area contributed by atoms with Gasteiger partial charge in [0.15, 0.2) is 0 Å². The lowest BCUT2D eigenvalue weighted by Gasteiger charge is -2.48. The van der Waals surface area contributed by atoms with E-state index in [1.165, 1.54) is 24.6 Å². The van der Waals surface area contributed by atoms with Crippen LogP contribution in [-0.4, -0.2) is 30.6 Å². The average molecular weight is 297 g/mol. The van der Waals surface area contributed by atoms with Crippen LogP contribution in [0.15, 0.2) is 18.2 Å². The summed E-state index contributed by atoms with van der Waals surface area (Å²) in [5.74, 6) is 4.75. The SMILES string of the molecule is CN(C)C1(C(Cc2c(F)cccc2F)NN)CCCCC1. The molecule has 1 unspecified atom stereocenters. The van der Waals surface area contributed by atoms with Crippen molar-refractivity contribution in [3.05, 3.63) is 35.4 Å². The molecular weight excluding hydrogens is 272 g/mol. The van der Waals surface area contributed by atoms with E-state index in [9.17, 15) is 8.78 Å². The fourth-order valence-corrected chi connectivity index (χ4v) is 3.61. The lowest BCUT2D eigenvalue weighted by molar-refractivity contribution is 0.0562. The van der Waals surface area contributed by atoms with Crippen LogP contribution in [0.3, 0.4) is 0 Å². The highest BCUT2D eigenvalue weighted by Gasteiger charge is 2.41. The number of hydrazine groups is 1. The van der Waals surface area contributed by atoms with Gasteiger partial charge in [0.2, 0.25) is 0 Å². The molecule has 0 bridgehead atoms. The van der Waals surface area contributed by atoms with Gasteiger partial charge in [0.05, 0.1) is 0 Å². The number of nitrogens with one attached hydrogen (secondary N) is 1. The second-order valence-electron chi connectivity index (χ2n) is 6.18. The van der Waals surface area contributed by atoms with Gasteiger partial charge in [0.1, 0.15) is 11.6 Å². The minimum atomic E-state index is -0.500. The molecule has 21 heavy (non-hydrogen) atoms. The fraction of sp³-hybridized carbons (Fsp3) is 0.625. The first-order valence-corrected chi connectivity index (χ1v) is 7.57. The van der Waals surface area contributed by atoms with E-state index >= 15 is 0 Å². The zero-order chi connectivity index (χ0) is 15.5. The Hall–Kier alpha value is -1.04. The Morgan fingerprint density at radius 1 is 1.19 bits per heavy atom. The summed E-state index contributed by atoms with van der Waals surface area (Å²) in [6.07, 6.45) is 5.69. The van der Waals surface area contributed by atoms with E-state index in [-0.39, 0.29) is 23.6 Å². The maximum absolute atomic E-state index is 13.9. The van der Waals surface area contributed by atoms with Crippen molar-refractivity contribution >= 4 is 0 Å². The van der Waals surface area contributed by atoms with Crippen LogP contribution in [0.1, 0.15) is 37.7 Å². The summed E-state index contributed by atoms with van der Waals surface area (Å²) in [6, 6.07) is 3.81. The van der Waals surface area contributed by atoms with Gasteiger partial charge in [0, 0.05) is 17.1 Å². The summed E-state index contributed by atoms with van der Waals surface area (Å²) >= 11 is 0. The third-order valence-corrected chi connectivity index (χ3v) is 4.93. The van der Waals surface area contributed by atoms with E-state index in [0.717, 1.165) is 25.7 Å². The molecule has 118 valence electrons. The van der Waals surface area contributed by atoms with Crippen LogP contribution in [0.2, 0.25) is 0 Å². The number of benzene rings is 1. The molecule has 3 nitrogen and oxygen atoms in total. The lowest BCUT2D eigenvalue weighted by Crippen LogP contribution is -2.62. The van der Waals surface area contributed by atoms with Crippen LogP contribution < -0.4 is 11.3 Å². The van der Waals surface area contributed by atoms with E-state index in [0.29, 0.717) is 0 Å². The van der Waals surface area contributed by atoms with E-state index in [1.54, 1.807) is 0 Å². The Labute approximate surface area is 125 Å². The summed E-state index contributed by atoms with van der Waals surface area (Å²) in [4.78, 5) is 2.16. The maximum Gasteiger partial charge on any atom is 0.129 e. The van der Waals surface area contributed by atoms with Crippen molar-refractivity contribution in [2.75, 3.05) is 14.1 Å². The Bertz CT molecular complexity index is 450. The van der Waals surface area contributed by atoms with Gasteiger partial charge in [-0.05, 0) is 45.5 Å². The summed E-state index contributed by atoms with van der Waals surface area (Å²) in [7, 11) is 4.04. The molecule has 0 aliphatic heterocycles. The molecule has 1 saturated carbocycles. The first-order chi connectivity index (χ1) is 10.0. The highest BCUT2D eigenvalue weighted by atomic mass is 19.1. The molecule has 0 radical (unpaired) electrons. The van der Waals surface area contributed by atoms with E-state index < -0.39 is 11.6 Å². The van der Waals surface area contributed by atoms with E-state index in [2.05, 4.69) is 10.3 Å². The van der Waals surface area contributed by atoms with Gasteiger partial charge in [-0.2, -0.15) is 0 Å². The Balaban J connectivity index is 2.29. The van der Waals surface area contributed by atoms with Crippen LogP contribution in [0.25, 0.3) is 0 Å². The number of halogens is 2. The first-order valence-electron chi connectivity index (χ1n) is 7.57. The summed E-state index contributed by atoms with van der Waals surface area (Å²) in [5.41, 5.74) is 2.79. The van der Waals surface area contributed by atoms with Crippen molar-refractivity contribution in [3.63, 3.8) is 0 Å². The average Bonchev–Trinajstić information content (AvgIpc) is 2.47. The summed E-state index contributed by atoms with van der Waals surface area (Å²) < 4.78 is 27.8. The zero-order valence-corrected chi connectivity index (χ0v) is 12.8. The first kappa shape index (κ1) is 16.3. The number of hydrogen-bond acceptors (Lipinski definition) is 3. The van der Waals surface area contributed by atoms with Gasteiger partial charge in [-0.25, -0.2) is 8.78 Å². The Morgan fingerprint density at radius 2 is 1.76 bits per heavy atom. The molecule has 1 fully saturated rings. The fourth-order valence-electron chi connectivity index (χ4n) is 3.61. The Morgan fingerprint density at radius 3 is 2.24 bits per heavy atom. The number of nitrogens with zero attached hydrogens (tertiary/aromatic N) is 1. The van der Waals surface area contributed by atoms with Crippen molar-refractivity contribution in [3.8, 4) is 0 Å². The van der Waals surface area contributed by atoms with Gasteiger partial charge >= 0.3 is 0 Å². The molecule has 1 aliphatic carbocycles. The van der Waals surface area contributed by atoms with Crippen molar-refractivity contribution < 1.29 is 8.78 Å². The zero-order valence-electron chi connectivity index (χ0n) is 12.8. The van der Waals surface area contributed by atoms with Crippen molar-refractivity contribution in [2.45, 2.75) is 50.1 Å². The van der Waals surface area contributed by atoms with Gasteiger partial charge < -0.3 is 4.90 Å². The number of hydrogen-bond donors (Lipinski definition) is 2. The maximum atomic E-state index is 13.9. The smallest absolute Gasteiger partial charge is 0.129 e. The largest absolute Gasteiger partial charge is 0.302 e. The minimum absolute atomic E-state index is 0.118. The molecule has 0 heterocycles. The molecule has 0 amide bonds. The number of likely N-dealkylation sites (N-methyl/N-ethyl adjacent to an activating group) is 1. The molecule has 1 aromatic rings. The predicted molar refractivity (Wildman–Crippen MR) is 80.7 cm³/mol. The summed E-state index contributed by atoms with van der Waals surface area (Å²) in [6.45, 7) is 0. The molecule has 2 rings (SSSR count). The highest BCUT2D eigenvalue weighted by Crippen LogP contribution is 2.36. The standard InChI is InChI=1S/C16H25F2N3/c1-21(2)16(9-4-3-5-10-16)15(20-19)11-12-13(17)7-6-8-14(12)18/h6-8,15,20H,3-5,9-11,19H2,1-2H3. The monoisotopic (exact) mass is 297 g/mol.